The molecule has 1 aromatic carbocycles. The van der Waals surface area contributed by atoms with Gasteiger partial charge in [0.1, 0.15) is 0 Å². The third-order valence-electron chi connectivity index (χ3n) is 1.92. The van der Waals surface area contributed by atoms with E-state index < -0.39 is 5.91 Å². The van der Waals surface area contributed by atoms with Gasteiger partial charge in [-0.05, 0) is 12.1 Å². The molecule has 2 aromatic rings. The Morgan fingerprint density at radius 3 is 2.82 bits per heavy atom. The van der Waals surface area contributed by atoms with Crippen molar-refractivity contribution in [2.24, 2.45) is 0 Å². The quantitative estimate of drug-likeness (QED) is 0.778. The van der Waals surface area contributed by atoms with Crippen LogP contribution in [-0.2, 0) is 0 Å². The molecule has 8 heteroatoms. The van der Waals surface area contributed by atoms with Gasteiger partial charge in [0.05, 0.1) is 15.7 Å². The van der Waals surface area contributed by atoms with E-state index >= 15 is 0 Å². The summed E-state index contributed by atoms with van der Waals surface area (Å²) in [7, 11) is 0. The number of aromatic amines is 1. The number of H-pyrrole nitrogens is 1. The van der Waals surface area contributed by atoms with Crippen molar-refractivity contribution in [1.29, 1.82) is 0 Å². The van der Waals surface area contributed by atoms with E-state index in [-0.39, 0.29) is 16.8 Å². The van der Waals surface area contributed by atoms with Gasteiger partial charge in [0.25, 0.3) is 5.91 Å². The van der Waals surface area contributed by atoms with E-state index in [1.54, 1.807) is 18.2 Å². The van der Waals surface area contributed by atoms with Crippen molar-refractivity contribution < 1.29 is 4.79 Å². The first-order valence-electron chi connectivity index (χ1n) is 4.51. The summed E-state index contributed by atoms with van der Waals surface area (Å²) in [4.78, 5) is 15.4. The fraction of sp³-hybridized carbons (Fsp3) is 0. The fourth-order valence-corrected chi connectivity index (χ4v) is 1.51. The SMILES string of the molecule is Nc1n[nH]c(C(=O)Nc2cccc(Cl)c2Cl)n1. The van der Waals surface area contributed by atoms with Crippen molar-refractivity contribution in [3.05, 3.63) is 34.1 Å². The fourth-order valence-electron chi connectivity index (χ4n) is 1.16. The summed E-state index contributed by atoms with van der Waals surface area (Å²) >= 11 is 11.7. The average Bonchev–Trinajstić information content (AvgIpc) is 2.72. The van der Waals surface area contributed by atoms with Crippen molar-refractivity contribution >= 4 is 40.7 Å². The smallest absolute Gasteiger partial charge is 0.293 e. The molecule has 1 heterocycles. The predicted molar refractivity (Wildman–Crippen MR) is 65.2 cm³/mol. The molecule has 0 aliphatic rings. The van der Waals surface area contributed by atoms with Crippen LogP contribution in [0.4, 0.5) is 11.6 Å². The minimum absolute atomic E-state index is 0.00135. The number of anilines is 2. The number of halogens is 2. The maximum absolute atomic E-state index is 11.7. The molecule has 4 N–H and O–H groups in total. The first-order chi connectivity index (χ1) is 8.08. The van der Waals surface area contributed by atoms with Crippen molar-refractivity contribution in [2.45, 2.75) is 0 Å². The van der Waals surface area contributed by atoms with Crippen LogP contribution in [0.25, 0.3) is 0 Å². The van der Waals surface area contributed by atoms with Gasteiger partial charge in [0, 0.05) is 0 Å². The standard InChI is InChI=1S/C9H7Cl2N5O/c10-4-2-1-3-5(6(4)11)13-8(17)7-14-9(12)16-15-7/h1-3H,(H,13,17)(H3,12,14,15,16). The summed E-state index contributed by atoms with van der Waals surface area (Å²) in [6.45, 7) is 0. The van der Waals surface area contributed by atoms with Crippen LogP contribution >= 0.6 is 23.2 Å². The average molecular weight is 272 g/mol. The lowest BCUT2D eigenvalue weighted by atomic mass is 10.3. The molecule has 0 fully saturated rings. The zero-order chi connectivity index (χ0) is 12.4. The molecule has 6 nitrogen and oxygen atoms in total. The minimum atomic E-state index is -0.502. The molecule has 0 spiro atoms. The molecule has 17 heavy (non-hydrogen) atoms. The van der Waals surface area contributed by atoms with Crippen LogP contribution < -0.4 is 11.1 Å². The summed E-state index contributed by atoms with van der Waals surface area (Å²) in [5, 5.41) is 9.07. The number of aromatic nitrogens is 3. The van der Waals surface area contributed by atoms with Gasteiger partial charge in [0.2, 0.25) is 11.8 Å². The van der Waals surface area contributed by atoms with E-state index in [9.17, 15) is 4.79 Å². The molecular weight excluding hydrogens is 265 g/mol. The molecule has 0 atom stereocenters. The van der Waals surface area contributed by atoms with Crippen LogP contribution in [0.2, 0.25) is 10.0 Å². The summed E-state index contributed by atoms with van der Waals surface area (Å²) in [5.41, 5.74) is 5.67. The Kier molecular flexibility index (Phi) is 3.16. The first kappa shape index (κ1) is 11.7. The molecule has 0 saturated carbocycles. The third kappa shape index (κ3) is 2.48. The number of hydrogen-bond donors (Lipinski definition) is 3. The molecule has 0 saturated heterocycles. The number of rotatable bonds is 2. The number of hydrogen-bond acceptors (Lipinski definition) is 4. The predicted octanol–water partition coefficient (Wildman–Crippen LogP) is 1.95. The van der Waals surface area contributed by atoms with E-state index in [0.717, 1.165) is 0 Å². The minimum Gasteiger partial charge on any atom is -0.366 e. The number of nitrogens with one attached hydrogen (secondary N) is 2. The molecule has 0 radical (unpaired) electrons. The molecule has 1 aromatic heterocycles. The second kappa shape index (κ2) is 4.60. The Bertz CT molecular complexity index is 568. The maximum Gasteiger partial charge on any atom is 0.293 e. The number of benzene rings is 1. The molecule has 1 amide bonds. The van der Waals surface area contributed by atoms with Gasteiger partial charge >= 0.3 is 0 Å². The van der Waals surface area contributed by atoms with Gasteiger partial charge < -0.3 is 11.1 Å². The number of amides is 1. The molecule has 88 valence electrons. The van der Waals surface area contributed by atoms with Gasteiger partial charge in [0.15, 0.2) is 0 Å². The Labute approximate surface area is 106 Å². The van der Waals surface area contributed by atoms with Crippen LogP contribution in [0.3, 0.4) is 0 Å². The second-order valence-corrected chi connectivity index (χ2v) is 3.88. The molecule has 0 unspecified atom stereocenters. The number of carbonyl (C=O) groups excluding carboxylic acids is 1. The number of nitrogen functional groups attached to an aromatic ring is 1. The lowest BCUT2D eigenvalue weighted by molar-refractivity contribution is 0.101. The van der Waals surface area contributed by atoms with Crippen molar-refractivity contribution in [2.75, 3.05) is 11.1 Å². The van der Waals surface area contributed by atoms with Crippen LogP contribution in [-0.4, -0.2) is 21.1 Å². The van der Waals surface area contributed by atoms with E-state index in [4.69, 9.17) is 28.9 Å². The summed E-state index contributed by atoms with van der Waals surface area (Å²) < 4.78 is 0. The topological polar surface area (TPSA) is 96.7 Å². The van der Waals surface area contributed by atoms with Crippen LogP contribution in [0.5, 0.6) is 0 Å². The Hall–Kier alpha value is -1.79. The lowest BCUT2D eigenvalue weighted by Crippen LogP contribution is -2.14. The van der Waals surface area contributed by atoms with E-state index in [1.165, 1.54) is 0 Å². The number of nitrogens with zero attached hydrogens (tertiary/aromatic N) is 2. The van der Waals surface area contributed by atoms with Crippen LogP contribution in [0.1, 0.15) is 10.6 Å². The molecule has 0 aliphatic carbocycles. The molecule has 0 aliphatic heterocycles. The van der Waals surface area contributed by atoms with Gasteiger partial charge in [-0.1, -0.05) is 29.3 Å². The molecular formula is C9H7Cl2N5O. The summed E-state index contributed by atoms with van der Waals surface area (Å²) in [5.74, 6) is -0.510. The Balaban J connectivity index is 2.21. The van der Waals surface area contributed by atoms with Crippen LogP contribution in [0.15, 0.2) is 18.2 Å². The zero-order valence-corrected chi connectivity index (χ0v) is 9.88. The highest BCUT2D eigenvalue weighted by molar-refractivity contribution is 6.44. The maximum atomic E-state index is 11.7. The van der Waals surface area contributed by atoms with E-state index in [2.05, 4.69) is 20.5 Å². The number of nitrogens with two attached hydrogens (primary N) is 1. The molecule has 2 rings (SSSR count). The van der Waals surface area contributed by atoms with Gasteiger partial charge in [-0.25, -0.2) is 0 Å². The van der Waals surface area contributed by atoms with Crippen molar-refractivity contribution in [3.8, 4) is 0 Å². The monoisotopic (exact) mass is 271 g/mol. The second-order valence-electron chi connectivity index (χ2n) is 3.10. The van der Waals surface area contributed by atoms with Gasteiger partial charge in [-0.15, -0.1) is 5.10 Å². The lowest BCUT2D eigenvalue weighted by Gasteiger charge is -2.05. The zero-order valence-electron chi connectivity index (χ0n) is 8.37. The number of carbonyl (C=O) groups is 1. The Morgan fingerprint density at radius 1 is 1.41 bits per heavy atom. The highest BCUT2D eigenvalue weighted by atomic mass is 35.5. The summed E-state index contributed by atoms with van der Waals surface area (Å²) in [6, 6.07) is 4.90. The Morgan fingerprint density at radius 2 is 2.18 bits per heavy atom. The largest absolute Gasteiger partial charge is 0.366 e. The van der Waals surface area contributed by atoms with Gasteiger partial charge in [-0.3, -0.25) is 9.89 Å². The normalized spacial score (nSPS) is 10.2. The molecule has 0 bridgehead atoms. The first-order valence-corrected chi connectivity index (χ1v) is 5.27. The van der Waals surface area contributed by atoms with E-state index in [1.807, 2.05) is 0 Å². The summed E-state index contributed by atoms with van der Waals surface area (Å²) in [6.07, 6.45) is 0. The van der Waals surface area contributed by atoms with Crippen LogP contribution in [0, 0.1) is 0 Å². The van der Waals surface area contributed by atoms with Crippen molar-refractivity contribution in [1.82, 2.24) is 15.2 Å². The third-order valence-corrected chi connectivity index (χ3v) is 2.74. The highest BCUT2D eigenvalue weighted by Crippen LogP contribution is 2.29. The van der Waals surface area contributed by atoms with E-state index in [0.29, 0.717) is 10.7 Å². The highest BCUT2D eigenvalue weighted by Gasteiger charge is 2.13. The van der Waals surface area contributed by atoms with Crippen molar-refractivity contribution in [3.63, 3.8) is 0 Å². The van der Waals surface area contributed by atoms with Gasteiger partial charge in [-0.2, -0.15) is 4.98 Å².